The van der Waals surface area contributed by atoms with Crippen molar-refractivity contribution in [2.75, 3.05) is 6.54 Å². The van der Waals surface area contributed by atoms with Crippen LogP contribution in [0.15, 0.2) is 70.2 Å². The molecule has 0 unspecified atom stereocenters. The zero-order chi connectivity index (χ0) is 19.1. The van der Waals surface area contributed by atoms with E-state index in [4.69, 9.17) is 17.0 Å². The van der Waals surface area contributed by atoms with Gasteiger partial charge in [0.05, 0.1) is 10.7 Å². The summed E-state index contributed by atoms with van der Waals surface area (Å²) in [4.78, 5) is 0. The Bertz CT molecular complexity index is 969. The fourth-order valence-electron chi connectivity index (χ4n) is 2.65. The Labute approximate surface area is 172 Å². The van der Waals surface area contributed by atoms with Crippen LogP contribution in [0, 0.1) is 0 Å². The first kappa shape index (κ1) is 19.3. The van der Waals surface area contributed by atoms with Gasteiger partial charge in [-0.15, -0.1) is 0 Å². The molecule has 3 rings (SSSR count). The number of hydrogen-bond donors (Lipinski definition) is 2. The van der Waals surface area contributed by atoms with Crippen molar-refractivity contribution < 1.29 is 4.74 Å². The van der Waals surface area contributed by atoms with Gasteiger partial charge in [0.1, 0.15) is 12.4 Å². The molecule has 2 N–H and O–H groups in total. The molecule has 27 heavy (non-hydrogen) atoms. The Morgan fingerprint density at radius 1 is 1.15 bits per heavy atom. The van der Waals surface area contributed by atoms with Gasteiger partial charge in [-0.1, -0.05) is 42.5 Å². The molecular formula is C21H20BrN3OS. The minimum absolute atomic E-state index is 0.503. The Morgan fingerprint density at radius 2 is 1.96 bits per heavy atom. The Balaban J connectivity index is 1.66. The van der Waals surface area contributed by atoms with Crippen molar-refractivity contribution in [3.8, 4) is 5.75 Å². The molecule has 0 aliphatic carbocycles. The van der Waals surface area contributed by atoms with E-state index in [1.54, 1.807) is 6.21 Å². The van der Waals surface area contributed by atoms with E-state index >= 15 is 0 Å². The van der Waals surface area contributed by atoms with Gasteiger partial charge in [0.15, 0.2) is 5.11 Å². The topological polar surface area (TPSA) is 45.7 Å². The number of nitrogens with one attached hydrogen (secondary N) is 2. The van der Waals surface area contributed by atoms with Gasteiger partial charge < -0.3 is 10.1 Å². The van der Waals surface area contributed by atoms with Crippen LogP contribution in [0.25, 0.3) is 10.8 Å². The first-order valence-electron chi connectivity index (χ1n) is 8.63. The maximum Gasteiger partial charge on any atom is 0.186 e. The van der Waals surface area contributed by atoms with E-state index < -0.39 is 0 Å². The van der Waals surface area contributed by atoms with Crippen molar-refractivity contribution in [3.63, 3.8) is 0 Å². The molecule has 0 atom stereocenters. The van der Waals surface area contributed by atoms with Crippen LogP contribution >= 0.6 is 28.1 Å². The summed E-state index contributed by atoms with van der Waals surface area (Å²) in [5, 5.41) is 10.0. The molecule has 0 spiro atoms. The van der Waals surface area contributed by atoms with E-state index in [2.05, 4.69) is 62.1 Å². The lowest BCUT2D eigenvalue weighted by molar-refractivity contribution is 0.305. The molecule has 6 heteroatoms. The third kappa shape index (κ3) is 5.28. The van der Waals surface area contributed by atoms with Crippen LogP contribution in [-0.4, -0.2) is 17.9 Å². The van der Waals surface area contributed by atoms with Gasteiger partial charge in [0.25, 0.3) is 0 Å². The largest absolute Gasteiger partial charge is 0.488 e. The Hall–Kier alpha value is -2.44. The summed E-state index contributed by atoms with van der Waals surface area (Å²) in [6.07, 6.45) is 1.71. The number of ether oxygens (including phenoxy) is 1. The van der Waals surface area contributed by atoms with E-state index in [1.807, 2.05) is 37.3 Å². The van der Waals surface area contributed by atoms with Gasteiger partial charge in [-0.05, 0) is 75.2 Å². The first-order chi connectivity index (χ1) is 13.2. The molecule has 0 aromatic heterocycles. The summed E-state index contributed by atoms with van der Waals surface area (Å²) >= 11 is 8.64. The van der Waals surface area contributed by atoms with Crippen molar-refractivity contribution in [2.24, 2.45) is 5.10 Å². The van der Waals surface area contributed by atoms with E-state index in [9.17, 15) is 0 Å². The number of halogens is 1. The molecule has 3 aromatic rings. The predicted molar refractivity (Wildman–Crippen MR) is 119 cm³/mol. The molecule has 0 heterocycles. The summed E-state index contributed by atoms with van der Waals surface area (Å²) in [7, 11) is 0. The number of fused-ring (bicyclic) bond motifs is 1. The van der Waals surface area contributed by atoms with Crippen LogP contribution in [0.3, 0.4) is 0 Å². The lowest BCUT2D eigenvalue weighted by atomic mass is 10.1. The van der Waals surface area contributed by atoms with Crippen LogP contribution in [-0.2, 0) is 6.61 Å². The van der Waals surface area contributed by atoms with E-state index in [-0.39, 0.29) is 0 Å². The third-order valence-corrected chi connectivity index (χ3v) is 4.79. The van der Waals surface area contributed by atoms with Crippen LogP contribution in [0.5, 0.6) is 5.75 Å². The molecule has 0 aliphatic rings. The van der Waals surface area contributed by atoms with Crippen LogP contribution < -0.4 is 15.5 Å². The van der Waals surface area contributed by atoms with E-state index in [0.717, 1.165) is 27.9 Å². The quantitative estimate of drug-likeness (QED) is 0.321. The number of rotatable bonds is 6. The highest BCUT2D eigenvalue weighted by atomic mass is 79.9. The number of hydrazone groups is 1. The molecule has 4 nitrogen and oxygen atoms in total. The Kier molecular flexibility index (Phi) is 6.79. The molecule has 0 amide bonds. The maximum absolute atomic E-state index is 6.02. The second kappa shape index (κ2) is 9.48. The molecular weight excluding hydrogens is 422 g/mol. The maximum atomic E-state index is 6.02. The fourth-order valence-corrected chi connectivity index (χ4v) is 3.36. The lowest BCUT2D eigenvalue weighted by Gasteiger charge is -2.11. The van der Waals surface area contributed by atoms with Crippen LogP contribution in [0.1, 0.15) is 18.1 Å². The summed E-state index contributed by atoms with van der Waals surface area (Å²) in [5.74, 6) is 0.788. The monoisotopic (exact) mass is 441 g/mol. The minimum atomic E-state index is 0.503. The van der Waals surface area contributed by atoms with Gasteiger partial charge in [0, 0.05) is 6.54 Å². The number of benzene rings is 3. The zero-order valence-corrected chi connectivity index (χ0v) is 17.3. The van der Waals surface area contributed by atoms with Crippen molar-refractivity contribution >= 4 is 50.2 Å². The molecule has 0 saturated heterocycles. The average molecular weight is 442 g/mol. The summed E-state index contributed by atoms with van der Waals surface area (Å²) in [5.41, 5.74) is 4.87. The number of thiocarbonyl (C=S) groups is 1. The van der Waals surface area contributed by atoms with Crippen molar-refractivity contribution in [3.05, 3.63) is 76.3 Å². The molecule has 3 aromatic carbocycles. The Morgan fingerprint density at radius 3 is 2.78 bits per heavy atom. The standard InChI is InChI=1S/C21H20BrN3OS/c1-2-23-21(27)25-24-13-15-10-11-20(19(22)12-15)26-14-17-8-5-7-16-6-3-4-9-18(16)17/h3-13H,2,14H2,1H3,(H2,23,25,27). The second-order valence-electron chi connectivity index (χ2n) is 5.85. The summed E-state index contributed by atoms with van der Waals surface area (Å²) < 4.78 is 6.90. The third-order valence-electron chi connectivity index (χ3n) is 3.94. The van der Waals surface area contributed by atoms with Crippen molar-refractivity contribution in [2.45, 2.75) is 13.5 Å². The second-order valence-corrected chi connectivity index (χ2v) is 7.11. The fraction of sp³-hybridized carbons (Fsp3) is 0.143. The molecule has 0 bridgehead atoms. The molecule has 138 valence electrons. The number of nitrogens with zero attached hydrogens (tertiary/aromatic N) is 1. The molecule has 0 saturated carbocycles. The van der Waals surface area contributed by atoms with Gasteiger partial charge in [0.2, 0.25) is 0 Å². The zero-order valence-electron chi connectivity index (χ0n) is 14.9. The SMILES string of the molecule is CCNC(=S)NN=Cc1ccc(OCc2cccc3ccccc23)c(Br)c1. The summed E-state index contributed by atoms with van der Waals surface area (Å²) in [6, 6.07) is 20.4. The smallest absolute Gasteiger partial charge is 0.186 e. The highest BCUT2D eigenvalue weighted by Crippen LogP contribution is 2.27. The lowest BCUT2D eigenvalue weighted by Crippen LogP contribution is -2.31. The normalized spacial score (nSPS) is 10.9. The molecule has 0 fully saturated rings. The number of hydrogen-bond acceptors (Lipinski definition) is 3. The van der Waals surface area contributed by atoms with Crippen LogP contribution in [0.4, 0.5) is 0 Å². The van der Waals surface area contributed by atoms with Crippen molar-refractivity contribution in [1.82, 2.24) is 10.7 Å². The van der Waals surface area contributed by atoms with E-state index in [0.29, 0.717) is 11.7 Å². The molecule has 0 radical (unpaired) electrons. The minimum Gasteiger partial charge on any atom is -0.488 e. The van der Waals surface area contributed by atoms with Crippen molar-refractivity contribution in [1.29, 1.82) is 0 Å². The van der Waals surface area contributed by atoms with Gasteiger partial charge in [-0.2, -0.15) is 5.10 Å². The van der Waals surface area contributed by atoms with Gasteiger partial charge in [-0.25, -0.2) is 0 Å². The molecule has 0 aliphatic heterocycles. The van der Waals surface area contributed by atoms with Crippen LogP contribution in [0.2, 0.25) is 0 Å². The highest BCUT2D eigenvalue weighted by molar-refractivity contribution is 9.10. The van der Waals surface area contributed by atoms with Gasteiger partial charge >= 0.3 is 0 Å². The highest BCUT2D eigenvalue weighted by Gasteiger charge is 2.05. The van der Waals surface area contributed by atoms with E-state index in [1.165, 1.54) is 10.8 Å². The summed E-state index contributed by atoms with van der Waals surface area (Å²) in [6.45, 7) is 3.24. The first-order valence-corrected chi connectivity index (χ1v) is 9.83. The van der Waals surface area contributed by atoms with Gasteiger partial charge in [-0.3, -0.25) is 5.43 Å². The average Bonchev–Trinajstić information content (AvgIpc) is 2.67. The predicted octanol–water partition coefficient (Wildman–Crippen LogP) is 5.00.